The Balaban J connectivity index is 1.54. The summed E-state index contributed by atoms with van der Waals surface area (Å²) in [4.78, 5) is 117. The average Bonchev–Trinajstić information content (AvgIpc) is 3.86. The SMILES string of the molecule is CC(C)[C@H](NC(=O)c1ccc2ccccc2n1)C(=O)N[C@@H](CC(=O)O)C(=O)N[C@H](C(=O)N1CC[C@H](CC(C)(C)C)[C@H]1C(=O)N[C@@H](CC(=O)O)C(=O)OCc1cncs1)C(C)C. The molecule has 1 aromatic carbocycles. The number of carboxylic acids is 2. The molecule has 4 rings (SSSR count). The largest absolute Gasteiger partial charge is 0.481 e. The van der Waals surface area contributed by atoms with E-state index < -0.39 is 108 Å². The first-order chi connectivity index (χ1) is 28.6. The fraction of sp³-hybridized carbons (Fsp3) is 0.524. The monoisotopic (exact) mass is 865 g/mol. The van der Waals surface area contributed by atoms with Crippen molar-refractivity contribution in [1.82, 2.24) is 36.1 Å². The summed E-state index contributed by atoms with van der Waals surface area (Å²) >= 11 is 1.22. The van der Waals surface area contributed by atoms with Crippen LogP contribution in [-0.4, -0.2) is 109 Å². The van der Waals surface area contributed by atoms with E-state index in [1.165, 1.54) is 34.0 Å². The van der Waals surface area contributed by atoms with Crippen molar-refractivity contribution < 1.29 is 53.3 Å². The lowest BCUT2D eigenvalue weighted by Crippen LogP contribution is -2.61. The van der Waals surface area contributed by atoms with E-state index >= 15 is 0 Å². The standard InChI is InChI=1S/C42H55N7O11S/c1-22(2)33(47-36(54)28-13-12-24-10-8-9-11-27(24)44-28)38(56)45-29(16-31(50)51)37(55)48-34(23(3)4)40(58)49-15-14-25(18-42(5,6)7)35(49)39(57)46-30(17-32(52)53)41(59)60-20-26-19-43-21-61-26/h8-13,19,21-23,25,29-30,33-35H,14-18,20H2,1-7H3,(H,45,56)(H,46,57)(H,47,54)(H,48,55)(H,50,51)(H,52,53)/t25-,29+,30+,33+,34+,35+/m1/s1. The second-order valence-electron chi connectivity index (χ2n) is 17.0. The highest BCUT2D eigenvalue weighted by Gasteiger charge is 2.46. The number of amides is 5. The van der Waals surface area contributed by atoms with E-state index in [-0.39, 0.29) is 24.3 Å². The zero-order chi connectivity index (χ0) is 45.2. The number of esters is 1. The molecular weight excluding hydrogens is 811 g/mol. The second-order valence-corrected chi connectivity index (χ2v) is 18.0. The van der Waals surface area contributed by atoms with Gasteiger partial charge in [-0.25, -0.2) is 9.78 Å². The lowest BCUT2D eigenvalue weighted by atomic mass is 9.81. The van der Waals surface area contributed by atoms with Crippen LogP contribution in [0.15, 0.2) is 48.1 Å². The number of ether oxygens (including phenoxy) is 1. The quantitative estimate of drug-likeness (QED) is 0.0949. The number of hydrogen-bond donors (Lipinski definition) is 6. The second kappa shape index (κ2) is 21.0. The van der Waals surface area contributed by atoms with Gasteiger partial charge < -0.3 is 41.1 Å². The molecule has 19 heteroatoms. The third-order valence-electron chi connectivity index (χ3n) is 10.1. The first-order valence-corrected chi connectivity index (χ1v) is 20.9. The lowest BCUT2D eigenvalue weighted by Gasteiger charge is -2.34. The molecular formula is C42H55N7O11S. The summed E-state index contributed by atoms with van der Waals surface area (Å²) in [5, 5.41) is 30.4. The van der Waals surface area contributed by atoms with Gasteiger partial charge in [-0.3, -0.25) is 38.5 Å². The zero-order valence-corrected chi connectivity index (χ0v) is 36.1. The van der Waals surface area contributed by atoms with Crippen LogP contribution in [0.5, 0.6) is 0 Å². The van der Waals surface area contributed by atoms with Gasteiger partial charge >= 0.3 is 17.9 Å². The molecule has 1 aliphatic rings. The van der Waals surface area contributed by atoms with Crippen molar-refractivity contribution in [2.24, 2.45) is 23.2 Å². The molecule has 3 heterocycles. The van der Waals surface area contributed by atoms with Crippen molar-refractivity contribution in [3.8, 4) is 0 Å². The van der Waals surface area contributed by atoms with Crippen LogP contribution in [0.4, 0.5) is 0 Å². The van der Waals surface area contributed by atoms with Gasteiger partial charge in [0.25, 0.3) is 5.91 Å². The van der Waals surface area contributed by atoms with E-state index in [0.717, 1.165) is 5.39 Å². The molecule has 6 N–H and O–H groups in total. The Morgan fingerprint density at radius 1 is 0.836 bits per heavy atom. The van der Waals surface area contributed by atoms with Crippen molar-refractivity contribution in [1.29, 1.82) is 0 Å². The van der Waals surface area contributed by atoms with Crippen molar-refractivity contribution >= 4 is 69.7 Å². The highest BCUT2D eigenvalue weighted by atomic mass is 32.1. The Hall–Kier alpha value is -5.98. The number of nitrogens with zero attached hydrogens (tertiary/aromatic N) is 3. The molecule has 2 aromatic heterocycles. The molecule has 61 heavy (non-hydrogen) atoms. The number of nitrogens with one attached hydrogen (secondary N) is 4. The number of thiazole rings is 1. The molecule has 330 valence electrons. The third-order valence-corrected chi connectivity index (χ3v) is 10.8. The molecule has 1 saturated heterocycles. The summed E-state index contributed by atoms with van der Waals surface area (Å²) in [7, 11) is 0. The number of fused-ring (bicyclic) bond motifs is 1. The molecule has 0 saturated carbocycles. The Kier molecular flexibility index (Phi) is 16.4. The Labute approximate surface area is 357 Å². The Bertz CT molecular complexity index is 2090. The number of likely N-dealkylation sites (tertiary alicyclic amines) is 1. The number of carbonyl (C=O) groups is 8. The van der Waals surface area contributed by atoms with Crippen molar-refractivity contribution in [2.45, 2.75) is 111 Å². The van der Waals surface area contributed by atoms with Gasteiger partial charge in [0.15, 0.2) is 0 Å². The van der Waals surface area contributed by atoms with Crippen molar-refractivity contribution in [2.75, 3.05) is 6.54 Å². The minimum atomic E-state index is -1.69. The topological polar surface area (TPSA) is 263 Å². The van der Waals surface area contributed by atoms with Crippen LogP contribution in [0.2, 0.25) is 0 Å². The minimum Gasteiger partial charge on any atom is -0.481 e. The van der Waals surface area contributed by atoms with E-state index in [4.69, 9.17) is 4.74 Å². The van der Waals surface area contributed by atoms with Crippen LogP contribution in [0.3, 0.4) is 0 Å². The highest BCUT2D eigenvalue weighted by molar-refractivity contribution is 7.09. The van der Waals surface area contributed by atoms with Gasteiger partial charge in [-0.2, -0.15) is 0 Å². The Morgan fingerprint density at radius 2 is 1.49 bits per heavy atom. The van der Waals surface area contributed by atoms with Crippen molar-refractivity contribution in [3.63, 3.8) is 0 Å². The highest BCUT2D eigenvalue weighted by Crippen LogP contribution is 2.36. The maximum absolute atomic E-state index is 14.5. The number of carbonyl (C=O) groups excluding carboxylic acids is 6. The molecule has 6 atom stereocenters. The summed E-state index contributed by atoms with van der Waals surface area (Å²) < 4.78 is 5.30. The predicted molar refractivity (Wildman–Crippen MR) is 223 cm³/mol. The van der Waals surface area contributed by atoms with Crippen LogP contribution < -0.4 is 21.3 Å². The molecule has 3 aromatic rings. The van der Waals surface area contributed by atoms with Crippen LogP contribution in [-0.2, 0) is 44.9 Å². The summed E-state index contributed by atoms with van der Waals surface area (Å²) in [6.07, 6.45) is 0.658. The number of rotatable bonds is 19. The summed E-state index contributed by atoms with van der Waals surface area (Å²) in [5.74, 6) is -9.33. The molecule has 1 aliphatic heterocycles. The fourth-order valence-electron chi connectivity index (χ4n) is 7.17. The summed E-state index contributed by atoms with van der Waals surface area (Å²) in [6.45, 7) is 12.3. The normalized spacial score (nSPS) is 17.2. The van der Waals surface area contributed by atoms with Gasteiger partial charge in [0, 0.05) is 18.1 Å². The third kappa shape index (κ3) is 13.5. The fourth-order valence-corrected chi connectivity index (χ4v) is 7.68. The first kappa shape index (κ1) is 47.7. The number of carboxylic acid groups (broad SMARTS) is 2. The number of aromatic nitrogens is 2. The molecule has 0 radical (unpaired) electrons. The van der Waals surface area contributed by atoms with Gasteiger partial charge in [0.2, 0.25) is 23.6 Å². The smallest absolute Gasteiger partial charge is 0.329 e. The molecule has 1 fully saturated rings. The molecule has 5 amide bonds. The molecule has 0 bridgehead atoms. The average molecular weight is 866 g/mol. The summed E-state index contributed by atoms with van der Waals surface area (Å²) in [5.41, 5.74) is 1.82. The van der Waals surface area contributed by atoms with E-state index in [0.29, 0.717) is 23.2 Å². The first-order valence-electron chi connectivity index (χ1n) is 20.0. The number of hydrogen-bond acceptors (Lipinski definition) is 12. The lowest BCUT2D eigenvalue weighted by molar-refractivity contribution is -0.153. The van der Waals surface area contributed by atoms with E-state index in [1.54, 1.807) is 45.9 Å². The molecule has 0 unspecified atom stereocenters. The predicted octanol–water partition coefficient (Wildman–Crippen LogP) is 2.90. The molecule has 18 nitrogen and oxygen atoms in total. The number of benzene rings is 1. The molecule has 0 spiro atoms. The number of aliphatic carboxylic acids is 2. The van der Waals surface area contributed by atoms with Crippen molar-refractivity contribution in [3.05, 3.63) is 58.7 Å². The minimum absolute atomic E-state index is 0.0400. The Morgan fingerprint density at radius 3 is 2.10 bits per heavy atom. The van der Waals surface area contributed by atoms with Gasteiger partial charge in [-0.15, -0.1) is 11.3 Å². The van der Waals surface area contributed by atoms with Crippen LogP contribution in [0.1, 0.15) is 89.5 Å². The summed E-state index contributed by atoms with van der Waals surface area (Å²) in [6, 6.07) is 3.38. The van der Waals surface area contributed by atoms with Gasteiger partial charge in [0.1, 0.15) is 42.5 Å². The maximum atomic E-state index is 14.5. The van der Waals surface area contributed by atoms with E-state index in [1.807, 2.05) is 32.9 Å². The zero-order valence-electron chi connectivity index (χ0n) is 35.3. The van der Waals surface area contributed by atoms with Crippen LogP contribution >= 0.6 is 11.3 Å². The van der Waals surface area contributed by atoms with Crippen LogP contribution in [0.25, 0.3) is 10.9 Å². The van der Waals surface area contributed by atoms with Crippen LogP contribution in [0, 0.1) is 23.2 Å². The van der Waals surface area contributed by atoms with E-state index in [2.05, 4.69) is 31.2 Å². The van der Waals surface area contributed by atoms with E-state index in [9.17, 15) is 48.6 Å². The maximum Gasteiger partial charge on any atom is 0.329 e. The van der Waals surface area contributed by atoms with Gasteiger partial charge in [0.05, 0.1) is 28.7 Å². The van der Waals surface area contributed by atoms with Gasteiger partial charge in [-0.05, 0) is 48.1 Å². The van der Waals surface area contributed by atoms with Gasteiger partial charge in [-0.1, -0.05) is 72.7 Å². The number of para-hydroxylation sites is 1. The molecule has 0 aliphatic carbocycles. The number of pyridine rings is 1.